The standard InChI is InChI=1S/C15H17N3O3S/c1-3-8-16-15-18-14(20)12(22-15)9-13(19)17-10-6-4-5-7-11(10)21-2/h3-7,12H,1,8-9H2,2H3,(H,17,19)(H,16,18,20). The molecule has 116 valence electrons. The van der Waals surface area contributed by atoms with Crippen molar-refractivity contribution in [2.45, 2.75) is 11.7 Å². The Labute approximate surface area is 133 Å². The summed E-state index contributed by atoms with van der Waals surface area (Å²) in [5, 5.41) is 5.46. The summed E-state index contributed by atoms with van der Waals surface area (Å²) in [5.41, 5.74) is 0.582. The maximum atomic E-state index is 12.1. The average molecular weight is 319 g/mol. The van der Waals surface area contributed by atoms with Crippen LogP contribution in [0.15, 0.2) is 41.9 Å². The zero-order valence-electron chi connectivity index (χ0n) is 12.2. The Kier molecular flexibility index (Phi) is 5.60. The third kappa shape index (κ3) is 4.11. The van der Waals surface area contributed by atoms with Crippen molar-refractivity contribution in [2.75, 3.05) is 19.0 Å². The molecule has 2 amide bonds. The van der Waals surface area contributed by atoms with Crippen molar-refractivity contribution in [3.63, 3.8) is 0 Å². The van der Waals surface area contributed by atoms with Crippen LogP contribution < -0.4 is 15.4 Å². The number of nitrogens with zero attached hydrogens (tertiary/aromatic N) is 1. The van der Waals surface area contributed by atoms with E-state index in [0.717, 1.165) is 0 Å². The Balaban J connectivity index is 1.95. The highest BCUT2D eigenvalue weighted by Gasteiger charge is 2.31. The predicted molar refractivity (Wildman–Crippen MR) is 88.3 cm³/mol. The Morgan fingerprint density at radius 2 is 2.32 bits per heavy atom. The number of nitrogens with one attached hydrogen (secondary N) is 2. The zero-order chi connectivity index (χ0) is 15.9. The summed E-state index contributed by atoms with van der Waals surface area (Å²) in [6.45, 7) is 4.00. The zero-order valence-corrected chi connectivity index (χ0v) is 13.0. The quantitative estimate of drug-likeness (QED) is 0.784. The van der Waals surface area contributed by atoms with Gasteiger partial charge in [-0.15, -0.1) is 6.58 Å². The molecule has 0 spiro atoms. The van der Waals surface area contributed by atoms with Gasteiger partial charge in [0.1, 0.15) is 11.0 Å². The van der Waals surface area contributed by atoms with Crippen molar-refractivity contribution in [1.29, 1.82) is 0 Å². The van der Waals surface area contributed by atoms with Crippen LogP contribution in [0.2, 0.25) is 0 Å². The van der Waals surface area contributed by atoms with Gasteiger partial charge in [-0.25, -0.2) is 0 Å². The lowest BCUT2D eigenvalue weighted by atomic mass is 10.2. The van der Waals surface area contributed by atoms with Gasteiger partial charge in [0, 0.05) is 6.42 Å². The third-order valence-corrected chi connectivity index (χ3v) is 4.01. The van der Waals surface area contributed by atoms with E-state index in [0.29, 0.717) is 23.1 Å². The number of carbonyl (C=O) groups is 2. The molecule has 1 fully saturated rings. The van der Waals surface area contributed by atoms with Crippen LogP contribution in [0.1, 0.15) is 6.42 Å². The highest BCUT2D eigenvalue weighted by atomic mass is 32.2. The molecule has 0 aliphatic carbocycles. The molecule has 1 aliphatic rings. The van der Waals surface area contributed by atoms with E-state index in [1.54, 1.807) is 24.3 Å². The molecule has 0 aromatic heterocycles. The van der Waals surface area contributed by atoms with E-state index < -0.39 is 5.25 Å². The Morgan fingerprint density at radius 3 is 3.05 bits per heavy atom. The molecule has 1 unspecified atom stereocenters. The van der Waals surface area contributed by atoms with Crippen LogP contribution >= 0.6 is 11.8 Å². The lowest BCUT2D eigenvalue weighted by Gasteiger charge is -2.10. The third-order valence-electron chi connectivity index (χ3n) is 2.89. The number of amides is 2. The molecule has 1 aliphatic heterocycles. The summed E-state index contributed by atoms with van der Waals surface area (Å²) in [4.78, 5) is 28.0. The summed E-state index contributed by atoms with van der Waals surface area (Å²) in [7, 11) is 1.54. The highest BCUT2D eigenvalue weighted by Crippen LogP contribution is 2.26. The van der Waals surface area contributed by atoms with Crippen LogP contribution in [0.4, 0.5) is 5.69 Å². The fraction of sp³-hybridized carbons (Fsp3) is 0.267. The normalized spacial score (nSPS) is 18.9. The number of amidine groups is 1. The Morgan fingerprint density at radius 1 is 1.55 bits per heavy atom. The first-order valence-electron chi connectivity index (χ1n) is 6.69. The van der Waals surface area contributed by atoms with Crippen LogP contribution in [0.5, 0.6) is 5.75 Å². The molecule has 1 aromatic carbocycles. The van der Waals surface area contributed by atoms with E-state index in [-0.39, 0.29) is 18.2 Å². The fourth-order valence-electron chi connectivity index (χ4n) is 1.88. The number of para-hydroxylation sites is 2. The number of methoxy groups -OCH3 is 1. The lowest BCUT2D eigenvalue weighted by molar-refractivity contribution is -0.122. The maximum Gasteiger partial charge on any atom is 0.240 e. The Hall–Kier alpha value is -2.28. The van der Waals surface area contributed by atoms with Crippen LogP contribution in [-0.2, 0) is 9.59 Å². The van der Waals surface area contributed by atoms with Crippen molar-refractivity contribution in [3.8, 4) is 5.75 Å². The van der Waals surface area contributed by atoms with Crippen LogP contribution in [0.25, 0.3) is 0 Å². The highest BCUT2D eigenvalue weighted by molar-refractivity contribution is 8.15. The Bertz CT molecular complexity index is 616. The predicted octanol–water partition coefficient (Wildman–Crippen LogP) is 1.80. The van der Waals surface area contributed by atoms with Gasteiger partial charge in [0.2, 0.25) is 11.8 Å². The van der Waals surface area contributed by atoms with Crippen LogP contribution in [-0.4, -0.2) is 35.9 Å². The van der Waals surface area contributed by atoms with E-state index in [1.165, 1.54) is 18.9 Å². The monoisotopic (exact) mass is 319 g/mol. The van der Waals surface area contributed by atoms with Gasteiger partial charge in [-0.3, -0.25) is 14.6 Å². The minimum atomic E-state index is -0.474. The van der Waals surface area contributed by atoms with E-state index in [9.17, 15) is 9.59 Å². The number of benzene rings is 1. The van der Waals surface area contributed by atoms with Gasteiger partial charge in [0.25, 0.3) is 0 Å². The molecular weight excluding hydrogens is 302 g/mol. The maximum absolute atomic E-state index is 12.1. The summed E-state index contributed by atoms with van der Waals surface area (Å²) < 4.78 is 5.17. The number of carbonyl (C=O) groups excluding carboxylic acids is 2. The second-order valence-electron chi connectivity index (χ2n) is 4.48. The topological polar surface area (TPSA) is 79.8 Å². The summed E-state index contributed by atoms with van der Waals surface area (Å²) in [6.07, 6.45) is 1.71. The number of thioether (sulfide) groups is 1. The second-order valence-corrected chi connectivity index (χ2v) is 5.67. The van der Waals surface area contributed by atoms with E-state index in [1.807, 2.05) is 6.07 Å². The number of aliphatic imine (C=N–C) groups is 1. The molecule has 22 heavy (non-hydrogen) atoms. The van der Waals surface area contributed by atoms with Crippen molar-refractivity contribution in [1.82, 2.24) is 5.32 Å². The molecule has 1 aromatic rings. The molecule has 1 atom stereocenters. The molecule has 1 heterocycles. The van der Waals surface area contributed by atoms with Gasteiger partial charge < -0.3 is 15.4 Å². The van der Waals surface area contributed by atoms with E-state index in [4.69, 9.17) is 4.74 Å². The number of anilines is 1. The first-order chi connectivity index (χ1) is 10.6. The minimum Gasteiger partial charge on any atom is -0.495 e. The molecule has 6 nitrogen and oxygen atoms in total. The number of hydrogen-bond acceptors (Lipinski definition) is 5. The molecule has 0 bridgehead atoms. The van der Waals surface area contributed by atoms with Crippen molar-refractivity contribution in [2.24, 2.45) is 4.99 Å². The van der Waals surface area contributed by atoms with Crippen LogP contribution in [0.3, 0.4) is 0 Å². The van der Waals surface area contributed by atoms with E-state index in [2.05, 4.69) is 22.2 Å². The van der Waals surface area contributed by atoms with Crippen molar-refractivity contribution >= 4 is 34.4 Å². The van der Waals surface area contributed by atoms with Gasteiger partial charge in [-0.2, -0.15) is 0 Å². The van der Waals surface area contributed by atoms with E-state index >= 15 is 0 Å². The van der Waals surface area contributed by atoms with Gasteiger partial charge in [0.05, 0.1) is 19.3 Å². The first kappa shape index (κ1) is 16.1. The SMILES string of the molecule is C=CCN=C1NC(=O)C(CC(=O)Nc2ccccc2OC)S1. The smallest absolute Gasteiger partial charge is 0.240 e. The van der Waals surface area contributed by atoms with Gasteiger partial charge in [0.15, 0.2) is 5.17 Å². The number of hydrogen-bond donors (Lipinski definition) is 2. The van der Waals surface area contributed by atoms with Gasteiger partial charge in [-0.05, 0) is 12.1 Å². The minimum absolute atomic E-state index is 0.0711. The van der Waals surface area contributed by atoms with Gasteiger partial charge >= 0.3 is 0 Å². The van der Waals surface area contributed by atoms with Crippen LogP contribution in [0, 0.1) is 0 Å². The first-order valence-corrected chi connectivity index (χ1v) is 7.57. The lowest BCUT2D eigenvalue weighted by Crippen LogP contribution is -2.28. The molecule has 0 radical (unpaired) electrons. The fourth-order valence-corrected chi connectivity index (χ4v) is 2.86. The van der Waals surface area contributed by atoms with Crippen molar-refractivity contribution in [3.05, 3.63) is 36.9 Å². The molecule has 2 N–H and O–H groups in total. The molecule has 1 saturated heterocycles. The summed E-state index contributed by atoms with van der Waals surface area (Å²) in [5.74, 6) is 0.123. The van der Waals surface area contributed by atoms with Crippen molar-refractivity contribution < 1.29 is 14.3 Å². The largest absolute Gasteiger partial charge is 0.495 e. The summed E-state index contributed by atoms with van der Waals surface area (Å²) in [6, 6.07) is 7.12. The molecule has 2 rings (SSSR count). The molecule has 7 heteroatoms. The molecular formula is C15H17N3O3S. The number of rotatable bonds is 6. The number of ether oxygens (including phenoxy) is 1. The second kappa shape index (κ2) is 7.65. The average Bonchev–Trinajstić information content (AvgIpc) is 2.85. The molecule has 0 saturated carbocycles. The van der Waals surface area contributed by atoms with Gasteiger partial charge in [-0.1, -0.05) is 30.0 Å². The summed E-state index contributed by atoms with van der Waals surface area (Å²) >= 11 is 1.26.